The van der Waals surface area contributed by atoms with Crippen LogP contribution in [0.25, 0.3) is 0 Å². The Bertz CT molecular complexity index is 338. The average molecular weight is 149 g/mol. The Hall–Kier alpha value is -1.05. The van der Waals surface area contributed by atoms with Crippen LogP contribution in [-0.4, -0.2) is 4.98 Å². The molecule has 58 valence electrons. The molecule has 0 saturated heterocycles. The zero-order valence-corrected chi connectivity index (χ0v) is 6.61. The lowest BCUT2D eigenvalue weighted by molar-refractivity contribution is 0.907. The molecule has 1 aliphatic rings. The smallest absolute Gasteiger partial charge is 0.251 e. The molecule has 11 heavy (non-hydrogen) atoms. The third-order valence-electron chi connectivity index (χ3n) is 2.24. The molecule has 1 aliphatic carbocycles. The molecular weight excluding hydrogens is 138 g/mol. The fraction of sp³-hybridized carbons (Fsp3) is 0.444. The topological polar surface area (TPSA) is 32.9 Å². The first-order valence-electron chi connectivity index (χ1n) is 3.99. The second-order valence-corrected chi connectivity index (χ2v) is 3.14. The van der Waals surface area contributed by atoms with Crippen LogP contribution in [0.15, 0.2) is 10.9 Å². The summed E-state index contributed by atoms with van der Waals surface area (Å²) in [6.45, 7) is 1.93. The molecule has 0 aliphatic heterocycles. The molecule has 0 amide bonds. The van der Waals surface area contributed by atoms with E-state index in [1.54, 1.807) is 0 Å². The number of aromatic amines is 1. The highest BCUT2D eigenvalue weighted by molar-refractivity contribution is 5.30. The summed E-state index contributed by atoms with van der Waals surface area (Å²) in [4.78, 5) is 14.1. The minimum absolute atomic E-state index is 0.123. The highest BCUT2D eigenvalue weighted by atomic mass is 16.1. The first kappa shape index (κ1) is 6.65. The van der Waals surface area contributed by atoms with E-state index in [2.05, 4.69) is 11.1 Å². The van der Waals surface area contributed by atoms with E-state index in [0.717, 1.165) is 30.5 Å². The Morgan fingerprint density at radius 2 is 2.27 bits per heavy atom. The average Bonchev–Trinajstić information content (AvgIpc) is 2.34. The number of nitrogens with one attached hydrogen (secondary N) is 1. The Morgan fingerprint density at radius 3 is 3.09 bits per heavy atom. The number of H-pyrrole nitrogens is 1. The van der Waals surface area contributed by atoms with Crippen molar-refractivity contribution in [3.05, 3.63) is 33.2 Å². The van der Waals surface area contributed by atoms with E-state index < -0.39 is 0 Å². The molecule has 0 bridgehead atoms. The van der Waals surface area contributed by atoms with Gasteiger partial charge in [-0.1, -0.05) is 0 Å². The third-order valence-corrected chi connectivity index (χ3v) is 2.24. The van der Waals surface area contributed by atoms with Crippen LogP contribution in [0.5, 0.6) is 0 Å². The summed E-state index contributed by atoms with van der Waals surface area (Å²) in [7, 11) is 0. The molecular formula is C9H11NO. The Morgan fingerprint density at radius 1 is 1.45 bits per heavy atom. The molecule has 0 atom stereocenters. The Balaban J connectivity index is 2.70. The predicted octanol–water partition coefficient (Wildman–Crippen LogP) is 1.17. The Kier molecular flexibility index (Phi) is 1.34. The second kappa shape index (κ2) is 2.22. The molecule has 2 rings (SSSR count). The molecule has 1 aromatic rings. The zero-order valence-electron chi connectivity index (χ0n) is 6.61. The van der Waals surface area contributed by atoms with Gasteiger partial charge in [0.2, 0.25) is 0 Å². The van der Waals surface area contributed by atoms with Crippen LogP contribution < -0.4 is 5.56 Å². The van der Waals surface area contributed by atoms with E-state index in [9.17, 15) is 4.79 Å². The maximum Gasteiger partial charge on any atom is 0.251 e. The first-order chi connectivity index (χ1) is 5.27. The summed E-state index contributed by atoms with van der Waals surface area (Å²) in [6.07, 6.45) is 3.19. The number of rotatable bonds is 0. The number of aromatic nitrogens is 1. The van der Waals surface area contributed by atoms with Crippen LogP contribution in [0.2, 0.25) is 0 Å². The minimum atomic E-state index is 0.123. The molecule has 0 spiro atoms. The van der Waals surface area contributed by atoms with Crippen LogP contribution in [-0.2, 0) is 12.8 Å². The maximum atomic E-state index is 11.3. The van der Waals surface area contributed by atoms with Crippen LogP contribution >= 0.6 is 0 Å². The molecule has 1 aromatic heterocycles. The van der Waals surface area contributed by atoms with E-state index in [4.69, 9.17) is 0 Å². The van der Waals surface area contributed by atoms with Gasteiger partial charge in [-0.2, -0.15) is 0 Å². The van der Waals surface area contributed by atoms with E-state index in [-0.39, 0.29) is 5.56 Å². The van der Waals surface area contributed by atoms with Crippen molar-refractivity contribution in [2.75, 3.05) is 0 Å². The fourth-order valence-corrected chi connectivity index (χ4v) is 1.74. The van der Waals surface area contributed by atoms with Gasteiger partial charge in [0.15, 0.2) is 0 Å². The minimum Gasteiger partial charge on any atom is -0.326 e. The summed E-state index contributed by atoms with van der Waals surface area (Å²) >= 11 is 0. The van der Waals surface area contributed by atoms with Crippen LogP contribution in [0.3, 0.4) is 0 Å². The van der Waals surface area contributed by atoms with Gasteiger partial charge in [0.1, 0.15) is 0 Å². The number of aryl methyl sites for hydroxylation is 2. The second-order valence-electron chi connectivity index (χ2n) is 3.14. The zero-order chi connectivity index (χ0) is 7.84. The summed E-state index contributed by atoms with van der Waals surface area (Å²) in [5, 5.41) is 0. The van der Waals surface area contributed by atoms with Crippen molar-refractivity contribution < 1.29 is 0 Å². The van der Waals surface area contributed by atoms with E-state index in [1.807, 2.05) is 6.92 Å². The van der Waals surface area contributed by atoms with Gasteiger partial charge >= 0.3 is 0 Å². The molecule has 0 aromatic carbocycles. The largest absolute Gasteiger partial charge is 0.326 e. The summed E-state index contributed by atoms with van der Waals surface area (Å²) in [6, 6.07) is 2.09. The standard InChI is InChI=1S/C9H11NO/c1-6-5-7-3-2-4-8(7)9(11)10-6/h5H,2-4H2,1H3,(H,10,11). The van der Waals surface area contributed by atoms with Crippen LogP contribution in [0.4, 0.5) is 0 Å². The summed E-state index contributed by atoms with van der Waals surface area (Å²) in [5.74, 6) is 0. The van der Waals surface area contributed by atoms with Crippen molar-refractivity contribution in [2.24, 2.45) is 0 Å². The van der Waals surface area contributed by atoms with Gasteiger partial charge in [0.25, 0.3) is 5.56 Å². The molecule has 0 radical (unpaired) electrons. The van der Waals surface area contributed by atoms with Gasteiger partial charge in [-0.3, -0.25) is 4.79 Å². The lowest BCUT2D eigenvalue weighted by Crippen LogP contribution is -2.12. The quantitative estimate of drug-likeness (QED) is 0.590. The highest BCUT2D eigenvalue weighted by Crippen LogP contribution is 2.17. The van der Waals surface area contributed by atoms with Crippen molar-refractivity contribution in [3.8, 4) is 0 Å². The lowest BCUT2D eigenvalue weighted by Gasteiger charge is -1.98. The number of pyridine rings is 1. The van der Waals surface area contributed by atoms with Crippen LogP contribution in [0, 0.1) is 6.92 Å². The van der Waals surface area contributed by atoms with Crippen molar-refractivity contribution in [1.82, 2.24) is 4.98 Å². The van der Waals surface area contributed by atoms with E-state index in [0.29, 0.717) is 0 Å². The van der Waals surface area contributed by atoms with Crippen molar-refractivity contribution in [3.63, 3.8) is 0 Å². The van der Waals surface area contributed by atoms with Gasteiger partial charge in [0, 0.05) is 11.3 Å². The maximum absolute atomic E-state index is 11.3. The van der Waals surface area contributed by atoms with Gasteiger partial charge in [-0.25, -0.2) is 0 Å². The summed E-state index contributed by atoms with van der Waals surface area (Å²) in [5.41, 5.74) is 3.37. The van der Waals surface area contributed by atoms with Gasteiger partial charge in [-0.05, 0) is 37.8 Å². The normalized spacial score (nSPS) is 15.0. The molecule has 2 heteroatoms. The van der Waals surface area contributed by atoms with Gasteiger partial charge < -0.3 is 4.98 Å². The third kappa shape index (κ3) is 0.985. The SMILES string of the molecule is Cc1cc2c(c(=O)[nH]1)CCC2. The molecule has 0 unspecified atom stereocenters. The van der Waals surface area contributed by atoms with Crippen molar-refractivity contribution >= 4 is 0 Å². The summed E-state index contributed by atoms with van der Waals surface area (Å²) < 4.78 is 0. The number of hydrogen-bond donors (Lipinski definition) is 1. The van der Waals surface area contributed by atoms with Gasteiger partial charge in [-0.15, -0.1) is 0 Å². The van der Waals surface area contributed by atoms with Crippen molar-refractivity contribution in [1.29, 1.82) is 0 Å². The van der Waals surface area contributed by atoms with E-state index >= 15 is 0 Å². The van der Waals surface area contributed by atoms with Crippen molar-refractivity contribution in [2.45, 2.75) is 26.2 Å². The monoisotopic (exact) mass is 149 g/mol. The van der Waals surface area contributed by atoms with Gasteiger partial charge in [0.05, 0.1) is 0 Å². The molecule has 0 saturated carbocycles. The molecule has 1 heterocycles. The molecule has 2 nitrogen and oxygen atoms in total. The first-order valence-corrected chi connectivity index (χ1v) is 3.99. The number of hydrogen-bond acceptors (Lipinski definition) is 1. The fourth-order valence-electron chi connectivity index (χ4n) is 1.74. The van der Waals surface area contributed by atoms with E-state index in [1.165, 1.54) is 5.56 Å². The van der Waals surface area contributed by atoms with Crippen LogP contribution in [0.1, 0.15) is 23.2 Å². The predicted molar refractivity (Wildman–Crippen MR) is 43.8 cm³/mol. The lowest BCUT2D eigenvalue weighted by atomic mass is 10.1. The molecule has 0 fully saturated rings. The number of fused-ring (bicyclic) bond motifs is 1. The Labute approximate surface area is 65.3 Å². The molecule has 1 N–H and O–H groups in total. The highest BCUT2D eigenvalue weighted by Gasteiger charge is 2.13.